The molecule has 1 saturated heterocycles. The summed E-state index contributed by atoms with van der Waals surface area (Å²) in [5, 5.41) is 11.3. The number of benzene rings is 2. The van der Waals surface area contributed by atoms with Gasteiger partial charge in [0.2, 0.25) is 0 Å². The van der Waals surface area contributed by atoms with Gasteiger partial charge < -0.3 is 19.5 Å². The van der Waals surface area contributed by atoms with Crippen LogP contribution in [0.1, 0.15) is 22.7 Å². The first-order valence-electron chi connectivity index (χ1n) is 10.1. The molecule has 1 fully saturated rings. The van der Waals surface area contributed by atoms with E-state index in [2.05, 4.69) is 4.98 Å². The zero-order chi connectivity index (χ0) is 23.5. The van der Waals surface area contributed by atoms with Crippen molar-refractivity contribution in [2.45, 2.75) is 12.6 Å². The number of ether oxygens (including phenoxy) is 2. The van der Waals surface area contributed by atoms with E-state index < -0.39 is 29.3 Å². The first kappa shape index (κ1) is 22.0. The maximum absolute atomic E-state index is 14.9. The van der Waals surface area contributed by atoms with E-state index in [1.165, 1.54) is 37.3 Å². The fourth-order valence-electron chi connectivity index (χ4n) is 3.97. The van der Waals surface area contributed by atoms with Crippen molar-refractivity contribution in [3.05, 3.63) is 95.1 Å². The lowest BCUT2D eigenvalue weighted by molar-refractivity contribution is -0.140. The minimum Gasteiger partial charge on any atom is -0.506 e. The van der Waals surface area contributed by atoms with Crippen molar-refractivity contribution in [2.24, 2.45) is 0 Å². The van der Waals surface area contributed by atoms with Crippen LogP contribution in [0.2, 0.25) is 0 Å². The Morgan fingerprint density at radius 3 is 2.24 bits per heavy atom. The van der Waals surface area contributed by atoms with Gasteiger partial charge in [0.25, 0.3) is 11.7 Å². The Balaban J connectivity index is 1.96. The van der Waals surface area contributed by atoms with Crippen LogP contribution in [0.4, 0.5) is 4.39 Å². The number of aliphatic hydroxyl groups excluding tert-OH is 1. The molecule has 2 heterocycles. The van der Waals surface area contributed by atoms with Gasteiger partial charge in [0.1, 0.15) is 28.6 Å². The van der Waals surface area contributed by atoms with Gasteiger partial charge in [0.05, 0.1) is 25.8 Å². The normalized spacial score (nSPS) is 17.3. The molecule has 168 valence electrons. The standard InChI is InChI=1S/C25H21FN2O5/c1-32-18-8-5-9-19(33-2)20(18)23(29)21-22(16-6-3-4-7-17(16)26)28(25(31)24(21)30)14-15-10-12-27-13-11-15/h3-13,22,29H,14H2,1-2H3/b23-21+. The molecule has 1 unspecified atom stereocenters. The fourth-order valence-corrected chi connectivity index (χ4v) is 3.97. The molecule has 0 spiro atoms. The van der Waals surface area contributed by atoms with Crippen LogP contribution in [-0.2, 0) is 16.1 Å². The summed E-state index contributed by atoms with van der Waals surface area (Å²) in [6, 6.07) is 12.9. The van der Waals surface area contributed by atoms with Gasteiger partial charge in [-0.2, -0.15) is 0 Å². The molecule has 1 aromatic heterocycles. The van der Waals surface area contributed by atoms with Gasteiger partial charge in [-0.1, -0.05) is 24.3 Å². The lowest BCUT2D eigenvalue weighted by Gasteiger charge is -2.26. The van der Waals surface area contributed by atoms with E-state index in [9.17, 15) is 19.1 Å². The first-order valence-corrected chi connectivity index (χ1v) is 10.1. The number of aromatic nitrogens is 1. The molecule has 3 aromatic rings. The number of hydrogen-bond donors (Lipinski definition) is 1. The third-order valence-electron chi connectivity index (χ3n) is 5.51. The Kier molecular flexibility index (Phi) is 6.08. The highest BCUT2D eigenvalue weighted by molar-refractivity contribution is 6.46. The van der Waals surface area contributed by atoms with E-state index in [4.69, 9.17) is 9.47 Å². The monoisotopic (exact) mass is 448 g/mol. The summed E-state index contributed by atoms with van der Waals surface area (Å²) in [5.74, 6) is -2.42. The van der Waals surface area contributed by atoms with Gasteiger partial charge >= 0.3 is 0 Å². The Labute approximate surface area is 189 Å². The Morgan fingerprint density at radius 2 is 1.64 bits per heavy atom. The average Bonchev–Trinajstić information content (AvgIpc) is 3.08. The molecular weight excluding hydrogens is 427 g/mol. The molecule has 4 rings (SSSR count). The number of likely N-dealkylation sites (tertiary alicyclic amines) is 1. The minimum absolute atomic E-state index is 0.0198. The fraction of sp³-hybridized carbons (Fsp3) is 0.160. The first-order chi connectivity index (χ1) is 16.0. The molecule has 0 aliphatic carbocycles. The van der Waals surface area contributed by atoms with Gasteiger partial charge in [0, 0.05) is 24.5 Å². The van der Waals surface area contributed by atoms with Crippen molar-refractivity contribution in [1.82, 2.24) is 9.88 Å². The number of aliphatic hydroxyl groups is 1. The second-order valence-electron chi connectivity index (χ2n) is 7.34. The van der Waals surface area contributed by atoms with E-state index in [1.807, 2.05) is 0 Å². The van der Waals surface area contributed by atoms with Gasteiger partial charge in [-0.15, -0.1) is 0 Å². The van der Waals surface area contributed by atoms with Gasteiger partial charge in [-0.25, -0.2) is 4.39 Å². The number of halogens is 1. The van der Waals surface area contributed by atoms with Crippen LogP contribution < -0.4 is 9.47 Å². The summed E-state index contributed by atoms with van der Waals surface area (Å²) < 4.78 is 25.6. The maximum atomic E-state index is 14.9. The lowest BCUT2D eigenvalue weighted by Crippen LogP contribution is -2.29. The van der Waals surface area contributed by atoms with Crippen LogP contribution in [0.15, 0.2) is 72.6 Å². The molecule has 0 bridgehead atoms. The van der Waals surface area contributed by atoms with Gasteiger partial charge in [0.15, 0.2) is 0 Å². The van der Waals surface area contributed by atoms with Gasteiger partial charge in [-0.3, -0.25) is 14.6 Å². The molecule has 2 aromatic carbocycles. The Hall–Kier alpha value is -4.20. The predicted molar refractivity (Wildman–Crippen MR) is 118 cm³/mol. The van der Waals surface area contributed by atoms with Crippen LogP contribution in [0.3, 0.4) is 0 Å². The molecule has 7 nitrogen and oxygen atoms in total. The third kappa shape index (κ3) is 3.91. The quantitative estimate of drug-likeness (QED) is 0.350. The highest BCUT2D eigenvalue weighted by atomic mass is 19.1. The molecule has 33 heavy (non-hydrogen) atoms. The van der Waals surface area contributed by atoms with Crippen molar-refractivity contribution >= 4 is 17.4 Å². The second-order valence-corrected chi connectivity index (χ2v) is 7.34. The average molecular weight is 448 g/mol. The summed E-state index contributed by atoms with van der Waals surface area (Å²) in [5.41, 5.74) is 0.636. The summed E-state index contributed by atoms with van der Waals surface area (Å²) in [6.45, 7) is 0.0198. The molecular formula is C25H21FN2O5. The summed E-state index contributed by atoms with van der Waals surface area (Å²) in [6.07, 6.45) is 3.12. The number of Topliss-reactive ketones (excluding diaryl/α,β-unsaturated/α-hetero) is 1. The SMILES string of the molecule is COc1cccc(OC)c1/C(O)=C1\C(=O)C(=O)N(Cc2ccncc2)C1c1ccccc1F. The van der Waals surface area contributed by atoms with E-state index >= 15 is 0 Å². The lowest BCUT2D eigenvalue weighted by atomic mass is 9.94. The van der Waals surface area contributed by atoms with Crippen molar-refractivity contribution in [2.75, 3.05) is 14.2 Å². The van der Waals surface area contributed by atoms with Crippen molar-refractivity contribution in [3.8, 4) is 11.5 Å². The number of carbonyl (C=O) groups is 2. The van der Waals surface area contributed by atoms with Crippen LogP contribution in [0.25, 0.3) is 5.76 Å². The van der Waals surface area contributed by atoms with Crippen LogP contribution in [0.5, 0.6) is 11.5 Å². The highest BCUT2D eigenvalue weighted by Crippen LogP contribution is 2.44. The number of pyridine rings is 1. The van der Waals surface area contributed by atoms with Crippen LogP contribution in [-0.4, -0.2) is 40.9 Å². The molecule has 1 amide bonds. The summed E-state index contributed by atoms with van der Waals surface area (Å²) in [7, 11) is 2.81. The zero-order valence-corrected chi connectivity index (χ0v) is 18.0. The molecule has 1 aliphatic rings. The van der Waals surface area contributed by atoms with Crippen molar-refractivity contribution < 1.29 is 28.6 Å². The largest absolute Gasteiger partial charge is 0.506 e. The molecule has 1 aliphatic heterocycles. The van der Waals surface area contributed by atoms with Crippen LogP contribution >= 0.6 is 0 Å². The Bertz CT molecular complexity index is 1220. The number of carbonyl (C=O) groups excluding carboxylic acids is 2. The predicted octanol–water partition coefficient (Wildman–Crippen LogP) is 3.86. The second kappa shape index (κ2) is 9.12. The minimum atomic E-state index is -1.16. The maximum Gasteiger partial charge on any atom is 0.295 e. The van der Waals surface area contributed by atoms with Crippen LogP contribution in [0, 0.1) is 5.82 Å². The topological polar surface area (TPSA) is 89.0 Å². The van der Waals surface area contributed by atoms with Crippen molar-refractivity contribution in [1.29, 1.82) is 0 Å². The van der Waals surface area contributed by atoms with Crippen molar-refractivity contribution in [3.63, 3.8) is 0 Å². The summed E-state index contributed by atoms with van der Waals surface area (Å²) in [4.78, 5) is 31.5. The van der Waals surface area contributed by atoms with Gasteiger partial charge in [-0.05, 0) is 35.9 Å². The summed E-state index contributed by atoms with van der Waals surface area (Å²) >= 11 is 0. The number of rotatable bonds is 6. The molecule has 1 N–H and O–H groups in total. The number of methoxy groups -OCH3 is 2. The number of hydrogen-bond acceptors (Lipinski definition) is 6. The Morgan fingerprint density at radius 1 is 1.00 bits per heavy atom. The van der Waals surface area contributed by atoms with E-state index in [0.29, 0.717) is 5.56 Å². The number of nitrogens with zero attached hydrogens (tertiary/aromatic N) is 2. The number of ketones is 1. The third-order valence-corrected chi connectivity index (χ3v) is 5.51. The van der Waals surface area contributed by atoms with E-state index in [0.717, 1.165) is 0 Å². The molecule has 0 radical (unpaired) electrons. The smallest absolute Gasteiger partial charge is 0.295 e. The molecule has 0 saturated carbocycles. The number of amides is 1. The van der Waals surface area contributed by atoms with E-state index in [1.54, 1.807) is 48.8 Å². The molecule has 8 heteroatoms. The highest BCUT2D eigenvalue weighted by Gasteiger charge is 2.47. The zero-order valence-electron chi connectivity index (χ0n) is 18.0. The molecule has 1 atom stereocenters. The van der Waals surface area contributed by atoms with E-state index in [-0.39, 0.29) is 34.7 Å².